The Kier molecular flexibility index (Phi) is 5.72. The summed E-state index contributed by atoms with van der Waals surface area (Å²) in [5.74, 6) is -0.217. The average Bonchev–Trinajstić information content (AvgIpc) is 2.51. The summed E-state index contributed by atoms with van der Waals surface area (Å²) in [5.41, 5.74) is 0.873. The zero-order valence-corrected chi connectivity index (χ0v) is 12.2. The molecule has 0 aliphatic carbocycles. The van der Waals surface area contributed by atoms with E-state index in [-0.39, 0.29) is 5.97 Å². The summed E-state index contributed by atoms with van der Waals surface area (Å²) in [6.07, 6.45) is -0.269. The summed E-state index contributed by atoms with van der Waals surface area (Å²) in [7, 11) is 0. The van der Waals surface area contributed by atoms with Gasteiger partial charge < -0.3 is 15.2 Å². The van der Waals surface area contributed by atoms with Crippen molar-refractivity contribution in [1.29, 1.82) is 0 Å². The van der Waals surface area contributed by atoms with Gasteiger partial charge in [-0.15, -0.1) is 0 Å². The van der Waals surface area contributed by atoms with E-state index >= 15 is 0 Å². The van der Waals surface area contributed by atoms with Gasteiger partial charge in [-0.05, 0) is 29.3 Å². The summed E-state index contributed by atoms with van der Waals surface area (Å²) < 4.78 is 4.84. The highest BCUT2D eigenvalue weighted by atomic mass is 16.5. The number of benzene rings is 2. The minimum Gasteiger partial charge on any atom is -0.466 e. The van der Waals surface area contributed by atoms with E-state index in [9.17, 15) is 9.90 Å². The molecule has 0 aromatic heterocycles. The highest BCUT2D eigenvalue weighted by Crippen LogP contribution is 2.19. The normalized spacial score (nSPS) is 12.3. The van der Waals surface area contributed by atoms with Gasteiger partial charge in [0.2, 0.25) is 0 Å². The minimum atomic E-state index is -0.586. The number of aliphatic hydroxyl groups is 1. The number of hydrogen-bond donors (Lipinski definition) is 2. The molecule has 21 heavy (non-hydrogen) atoms. The molecular formula is C17H21NO3. The second kappa shape index (κ2) is 7.76. The molecule has 0 amide bonds. The molecule has 4 heteroatoms. The van der Waals surface area contributed by atoms with Gasteiger partial charge in [-0.25, -0.2) is 0 Å². The van der Waals surface area contributed by atoms with E-state index in [1.165, 1.54) is 0 Å². The van der Waals surface area contributed by atoms with Crippen molar-refractivity contribution in [3.05, 3.63) is 48.0 Å². The molecule has 0 saturated carbocycles. The van der Waals surface area contributed by atoms with Crippen LogP contribution in [0.25, 0.3) is 10.8 Å². The van der Waals surface area contributed by atoms with Crippen LogP contribution in [0.2, 0.25) is 0 Å². The van der Waals surface area contributed by atoms with Crippen LogP contribution in [0.5, 0.6) is 0 Å². The lowest BCUT2D eigenvalue weighted by Gasteiger charge is -2.13. The Morgan fingerprint density at radius 2 is 2.00 bits per heavy atom. The van der Waals surface area contributed by atoms with E-state index in [0.29, 0.717) is 26.1 Å². The Labute approximate surface area is 124 Å². The van der Waals surface area contributed by atoms with Crippen LogP contribution in [-0.2, 0) is 9.53 Å². The number of nitrogens with one attached hydrogen (secondary N) is 1. The molecule has 112 valence electrons. The van der Waals surface area contributed by atoms with Gasteiger partial charge in [-0.2, -0.15) is 0 Å². The summed E-state index contributed by atoms with van der Waals surface area (Å²) in [4.78, 5) is 11.2. The molecule has 0 aliphatic rings. The van der Waals surface area contributed by atoms with Crippen LogP contribution in [0.15, 0.2) is 42.5 Å². The van der Waals surface area contributed by atoms with E-state index in [2.05, 4.69) is 5.32 Å². The van der Waals surface area contributed by atoms with Crippen LogP contribution in [0, 0.1) is 0 Å². The fourth-order valence-electron chi connectivity index (χ4n) is 2.20. The minimum absolute atomic E-state index is 0.217. The number of fused-ring (bicyclic) bond motifs is 1. The second-order valence-electron chi connectivity index (χ2n) is 4.88. The molecule has 0 spiro atoms. The third-order valence-electron chi connectivity index (χ3n) is 3.31. The predicted molar refractivity (Wildman–Crippen MR) is 83.0 cm³/mol. The number of carbonyl (C=O) groups excluding carboxylic acids is 1. The summed E-state index contributed by atoms with van der Waals surface area (Å²) in [6, 6.07) is 14.0. The molecule has 1 atom stereocenters. The molecule has 4 nitrogen and oxygen atoms in total. The van der Waals surface area contributed by atoms with Gasteiger partial charge in [-0.3, -0.25) is 4.79 Å². The first kappa shape index (κ1) is 15.5. The Balaban J connectivity index is 1.84. The van der Waals surface area contributed by atoms with E-state index in [0.717, 1.165) is 16.3 Å². The van der Waals surface area contributed by atoms with Gasteiger partial charge in [0.05, 0.1) is 19.1 Å². The van der Waals surface area contributed by atoms with Gasteiger partial charge in [0.25, 0.3) is 0 Å². The molecule has 1 unspecified atom stereocenters. The maximum absolute atomic E-state index is 11.2. The molecule has 0 heterocycles. The Morgan fingerprint density at radius 1 is 1.24 bits per heavy atom. The standard InChI is InChI=1S/C17H21NO3/c1-2-21-17(20)9-10-18-12-16(19)15-8-7-13-5-3-4-6-14(13)11-15/h3-8,11,16,18-19H,2,9-10,12H2,1H3. The molecule has 0 bridgehead atoms. The fourth-order valence-corrected chi connectivity index (χ4v) is 2.20. The largest absolute Gasteiger partial charge is 0.466 e. The van der Waals surface area contributed by atoms with Crippen LogP contribution in [0.3, 0.4) is 0 Å². The molecule has 2 aromatic carbocycles. The van der Waals surface area contributed by atoms with Gasteiger partial charge in [0.15, 0.2) is 0 Å². The molecular weight excluding hydrogens is 266 g/mol. The van der Waals surface area contributed by atoms with Crippen LogP contribution in [0.1, 0.15) is 25.0 Å². The number of ether oxygens (including phenoxy) is 1. The molecule has 2 rings (SSSR count). The maximum atomic E-state index is 11.2. The Hall–Kier alpha value is -1.91. The van der Waals surface area contributed by atoms with Crippen molar-refractivity contribution in [1.82, 2.24) is 5.32 Å². The third kappa shape index (κ3) is 4.55. The average molecular weight is 287 g/mol. The van der Waals surface area contributed by atoms with Gasteiger partial charge in [0.1, 0.15) is 0 Å². The first-order valence-electron chi connectivity index (χ1n) is 7.24. The van der Waals surface area contributed by atoms with E-state index in [4.69, 9.17) is 4.74 Å². The molecule has 2 N–H and O–H groups in total. The van der Waals surface area contributed by atoms with Crippen LogP contribution >= 0.6 is 0 Å². The topological polar surface area (TPSA) is 58.6 Å². The number of aliphatic hydroxyl groups excluding tert-OH is 1. The zero-order valence-electron chi connectivity index (χ0n) is 12.2. The Morgan fingerprint density at radius 3 is 2.76 bits per heavy atom. The SMILES string of the molecule is CCOC(=O)CCNCC(O)c1ccc2ccccc2c1. The Bertz CT molecular complexity index is 597. The lowest BCUT2D eigenvalue weighted by molar-refractivity contribution is -0.143. The van der Waals surface area contributed by atoms with Crippen molar-refractivity contribution in [2.75, 3.05) is 19.7 Å². The zero-order chi connectivity index (χ0) is 15.1. The van der Waals surface area contributed by atoms with E-state index in [1.54, 1.807) is 6.92 Å². The highest BCUT2D eigenvalue weighted by Gasteiger charge is 2.08. The van der Waals surface area contributed by atoms with Crippen LogP contribution in [0.4, 0.5) is 0 Å². The number of carbonyl (C=O) groups is 1. The van der Waals surface area contributed by atoms with Gasteiger partial charge in [-0.1, -0.05) is 36.4 Å². The number of hydrogen-bond acceptors (Lipinski definition) is 4. The van der Waals surface area contributed by atoms with Crippen molar-refractivity contribution in [3.63, 3.8) is 0 Å². The molecule has 2 aromatic rings. The molecule has 0 aliphatic heterocycles. The summed E-state index contributed by atoms with van der Waals surface area (Å²) in [5, 5.41) is 15.5. The van der Waals surface area contributed by atoms with Crippen molar-refractivity contribution in [2.45, 2.75) is 19.4 Å². The highest BCUT2D eigenvalue weighted by molar-refractivity contribution is 5.83. The smallest absolute Gasteiger partial charge is 0.307 e. The second-order valence-corrected chi connectivity index (χ2v) is 4.88. The van der Waals surface area contributed by atoms with Gasteiger partial charge in [0, 0.05) is 13.1 Å². The monoisotopic (exact) mass is 287 g/mol. The molecule has 0 saturated heterocycles. The summed E-state index contributed by atoms with van der Waals surface area (Å²) in [6.45, 7) is 3.11. The van der Waals surface area contributed by atoms with E-state index < -0.39 is 6.10 Å². The molecule has 0 fully saturated rings. The number of esters is 1. The first-order valence-corrected chi connectivity index (χ1v) is 7.24. The van der Waals surface area contributed by atoms with Crippen molar-refractivity contribution in [3.8, 4) is 0 Å². The van der Waals surface area contributed by atoms with Crippen LogP contribution < -0.4 is 5.32 Å². The quantitative estimate of drug-likeness (QED) is 0.606. The van der Waals surface area contributed by atoms with Crippen molar-refractivity contribution < 1.29 is 14.6 Å². The lowest BCUT2D eigenvalue weighted by Crippen LogP contribution is -2.24. The maximum Gasteiger partial charge on any atom is 0.307 e. The van der Waals surface area contributed by atoms with Crippen molar-refractivity contribution in [2.24, 2.45) is 0 Å². The number of rotatable bonds is 7. The van der Waals surface area contributed by atoms with Crippen molar-refractivity contribution >= 4 is 16.7 Å². The first-order chi connectivity index (χ1) is 10.2. The predicted octanol–water partition coefficient (Wildman–Crippen LogP) is 2.42. The fraction of sp³-hybridized carbons (Fsp3) is 0.353. The lowest BCUT2D eigenvalue weighted by atomic mass is 10.0. The molecule has 0 radical (unpaired) electrons. The van der Waals surface area contributed by atoms with E-state index in [1.807, 2.05) is 42.5 Å². The third-order valence-corrected chi connectivity index (χ3v) is 3.31. The van der Waals surface area contributed by atoms with Gasteiger partial charge >= 0.3 is 5.97 Å². The van der Waals surface area contributed by atoms with Crippen LogP contribution in [-0.4, -0.2) is 30.8 Å². The summed E-state index contributed by atoms with van der Waals surface area (Å²) >= 11 is 0.